The summed E-state index contributed by atoms with van der Waals surface area (Å²) in [5.74, 6) is 0.126. The van der Waals surface area contributed by atoms with Gasteiger partial charge in [-0.2, -0.15) is 5.10 Å². The number of hydrogen-bond donors (Lipinski definition) is 5. The molecule has 1 aliphatic rings. The monoisotopic (exact) mass is 451 g/mol. The zero-order chi connectivity index (χ0) is 21.4. The second-order valence-electron chi connectivity index (χ2n) is 5.81. The molecule has 1 aliphatic heterocycles. The number of aromatic nitrogens is 3. The van der Waals surface area contributed by atoms with Crippen molar-refractivity contribution in [3.8, 4) is 0 Å². The van der Waals surface area contributed by atoms with Crippen LogP contribution < -0.4 is 5.73 Å². The maximum Gasteiger partial charge on any atom is 0.479 e. The van der Waals surface area contributed by atoms with Crippen molar-refractivity contribution in [3.05, 3.63) is 34.6 Å². The number of aliphatic hydroxyl groups is 2. The normalized spacial score (nSPS) is 30.0. The van der Waals surface area contributed by atoms with Crippen molar-refractivity contribution < 1.29 is 42.7 Å². The number of anilines is 1. The Hall–Kier alpha value is -2.09. The van der Waals surface area contributed by atoms with Crippen molar-refractivity contribution in [2.45, 2.75) is 24.0 Å². The van der Waals surface area contributed by atoms with Gasteiger partial charge in [0.25, 0.3) is 0 Å². The Balaban J connectivity index is 1.93. The molecular weight excluding hydrogens is 436 g/mol. The fraction of sp³-hybridized carbons (Fsp3) is 0.455. The summed E-state index contributed by atoms with van der Waals surface area (Å²) >= 11 is 0. The second kappa shape index (κ2) is 7.97. The molecule has 0 saturated carbocycles. The molecule has 2 aromatic rings. The lowest BCUT2D eigenvalue weighted by atomic mass is 10.0. The van der Waals surface area contributed by atoms with Crippen LogP contribution in [-0.4, -0.2) is 59.1 Å². The maximum atomic E-state index is 11.6. The minimum atomic E-state index is -5.05. The Kier molecular flexibility index (Phi) is 5.94. The van der Waals surface area contributed by atoms with Crippen molar-refractivity contribution in [2.24, 2.45) is 5.11 Å². The third-order valence-electron chi connectivity index (χ3n) is 4.07. The van der Waals surface area contributed by atoms with Crippen molar-refractivity contribution in [2.75, 3.05) is 12.3 Å². The summed E-state index contributed by atoms with van der Waals surface area (Å²) in [6.07, 6.45) is -3.79. The average molecular weight is 451 g/mol. The first-order valence-corrected chi connectivity index (χ1v) is 10.4. The number of rotatable bonds is 7. The van der Waals surface area contributed by atoms with Gasteiger partial charge >= 0.3 is 16.1 Å². The van der Waals surface area contributed by atoms with E-state index in [0.717, 1.165) is 6.33 Å². The predicted molar refractivity (Wildman–Crippen MR) is 93.2 cm³/mol. The van der Waals surface area contributed by atoms with E-state index in [9.17, 15) is 24.2 Å². The van der Waals surface area contributed by atoms with E-state index in [1.54, 1.807) is 0 Å². The lowest BCUT2D eigenvalue weighted by molar-refractivity contribution is -0.106. The summed E-state index contributed by atoms with van der Waals surface area (Å²) in [4.78, 5) is 24.3. The SMILES string of the molecule is [N-]=[N+]=NC1(COP(=O)(O)O[PH](=O)O)O[C@@H](c2ccc3c(N)ncnn23)[C@H](O)[C@@H]1O. The molecule has 0 aliphatic carbocycles. The molecule has 3 unspecified atom stereocenters. The van der Waals surface area contributed by atoms with Crippen molar-refractivity contribution in [1.82, 2.24) is 14.6 Å². The van der Waals surface area contributed by atoms with Gasteiger partial charge in [-0.15, -0.1) is 0 Å². The van der Waals surface area contributed by atoms with Crippen LogP contribution in [0, 0.1) is 0 Å². The quantitative estimate of drug-likeness (QED) is 0.156. The first kappa shape index (κ1) is 21.6. The van der Waals surface area contributed by atoms with Gasteiger partial charge in [0.1, 0.15) is 30.2 Å². The molecule has 3 rings (SSSR count). The van der Waals surface area contributed by atoms with E-state index < -0.39 is 46.7 Å². The van der Waals surface area contributed by atoms with Crippen LogP contribution >= 0.6 is 16.1 Å². The first-order chi connectivity index (χ1) is 13.6. The highest BCUT2D eigenvalue weighted by Gasteiger charge is 2.56. The van der Waals surface area contributed by atoms with Gasteiger partial charge < -0.3 is 30.5 Å². The maximum absolute atomic E-state index is 11.6. The lowest BCUT2D eigenvalue weighted by Gasteiger charge is -2.26. The topological polar surface area (TPSA) is 248 Å². The zero-order valence-corrected chi connectivity index (χ0v) is 16.1. The summed E-state index contributed by atoms with van der Waals surface area (Å²) < 4.78 is 37.4. The van der Waals surface area contributed by atoms with Crippen molar-refractivity contribution in [3.63, 3.8) is 0 Å². The van der Waals surface area contributed by atoms with Gasteiger partial charge in [0.05, 0.1) is 12.3 Å². The van der Waals surface area contributed by atoms with E-state index in [0.29, 0.717) is 5.52 Å². The summed E-state index contributed by atoms with van der Waals surface area (Å²) in [5.41, 5.74) is 12.8. The Labute approximate surface area is 161 Å². The highest BCUT2D eigenvalue weighted by molar-refractivity contribution is 7.55. The van der Waals surface area contributed by atoms with Gasteiger partial charge in [0.15, 0.2) is 11.5 Å². The van der Waals surface area contributed by atoms with E-state index in [1.807, 2.05) is 0 Å². The number of hydrogen-bond acceptors (Lipinski definition) is 11. The molecule has 0 amide bonds. The number of azide groups is 1. The van der Waals surface area contributed by atoms with Crippen LogP contribution in [0.3, 0.4) is 0 Å². The molecule has 2 aromatic heterocycles. The first-order valence-electron chi connectivity index (χ1n) is 7.68. The van der Waals surface area contributed by atoms with Gasteiger partial charge in [-0.1, -0.05) is 5.11 Å². The standard InChI is InChI=1S/C11H15N7O9P2/c12-10-6-2-1-5(18(6)15-4-14-10)8-7(19)9(20)11(26-8,16-17-13)3-25-29(23,24)27-28(21)22/h1-2,4,7-9,19-20,28H,3H2,(H,21,22)(H,23,24)(H2,12,14,15)/t7-,8-,9-,11?/m0/s1. The highest BCUT2D eigenvalue weighted by Crippen LogP contribution is 2.52. The van der Waals surface area contributed by atoms with Gasteiger partial charge in [0.2, 0.25) is 0 Å². The molecule has 18 heteroatoms. The number of nitrogens with zero attached hydrogens (tertiary/aromatic N) is 6. The Morgan fingerprint density at radius 3 is 2.90 bits per heavy atom. The molecule has 0 aromatic carbocycles. The Bertz CT molecular complexity index is 1040. The third kappa shape index (κ3) is 4.13. The van der Waals surface area contributed by atoms with E-state index >= 15 is 0 Å². The fourth-order valence-electron chi connectivity index (χ4n) is 2.82. The number of aliphatic hydroxyl groups excluding tert-OH is 2. The molecule has 29 heavy (non-hydrogen) atoms. The number of nitrogens with two attached hydrogens (primary N) is 1. The minimum Gasteiger partial charge on any atom is -0.387 e. The lowest BCUT2D eigenvalue weighted by Crippen LogP contribution is -2.44. The van der Waals surface area contributed by atoms with Crippen LogP contribution in [0.25, 0.3) is 16.0 Å². The molecule has 6 N–H and O–H groups in total. The van der Waals surface area contributed by atoms with Crippen LogP contribution in [0.15, 0.2) is 23.6 Å². The number of phosphoric ester groups is 1. The van der Waals surface area contributed by atoms with Crippen LogP contribution in [0.2, 0.25) is 0 Å². The Morgan fingerprint density at radius 2 is 2.24 bits per heavy atom. The van der Waals surface area contributed by atoms with E-state index in [2.05, 4.69) is 28.9 Å². The Morgan fingerprint density at radius 1 is 1.52 bits per heavy atom. The largest absolute Gasteiger partial charge is 0.479 e. The minimum absolute atomic E-state index is 0.126. The molecule has 6 atom stereocenters. The molecular formula is C11H15N7O9P2. The van der Waals surface area contributed by atoms with Crippen LogP contribution in [0.1, 0.15) is 11.8 Å². The number of ether oxygens (including phenoxy) is 1. The van der Waals surface area contributed by atoms with Crippen molar-refractivity contribution >= 4 is 27.4 Å². The van der Waals surface area contributed by atoms with Gasteiger partial charge in [-0.05, 0) is 17.7 Å². The molecule has 0 bridgehead atoms. The number of nitrogen functional groups attached to an aromatic ring is 1. The predicted octanol–water partition coefficient (Wildman–Crippen LogP) is -0.373. The van der Waals surface area contributed by atoms with E-state index in [1.165, 1.54) is 16.6 Å². The molecule has 1 saturated heterocycles. The van der Waals surface area contributed by atoms with Gasteiger partial charge in [-0.25, -0.2) is 18.4 Å². The number of fused-ring (bicyclic) bond motifs is 1. The van der Waals surface area contributed by atoms with Gasteiger partial charge in [0, 0.05) is 4.91 Å². The van der Waals surface area contributed by atoms with E-state index in [-0.39, 0.29) is 11.5 Å². The zero-order valence-electron chi connectivity index (χ0n) is 14.2. The molecule has 158 valence electrons. The molecule has 16 nitrogen and oxygen atoms in total. The smallest absolute Gasteiger partial charge is 0.387 e. The molecule has 1 fully saturated rings. The third-order valence-corrected chi connectivity index (χ3v) is 6.07. The van der Waals surface area contributed by atoms with Crippen LogP contribution in [0.4, 0.5) is 5.82 Å². The summed E-state index contributed by atoms with van der Waals surface area (Å²) in [6, 6.07) is 2.98. The van der Waals surface area contributed by atoms with Crippen molar-refractivity contribution in [1.29, 1.82) is 0 Å². The molecule has 0 spiro atoms. The fourth-order valence-corrected chi connectivity index (χ4v) is 4.17. The summed E-state index contributed by atoms with van der Waals surface area (Å²) in [7, 11) is -8.89. The van der Waals surface area contributed by atoms with Gasteiger partial charge in [-0.3, -0.25) is 9.09 Å². The summed E-state index contributed by atoms with van der Waals surface area (Å²) in [6.45, 7) is -1.09. The van der Waals surface area contributed by atoms with E-state index in [4.69, 9.17) is 20.9 Å². The highest BCUT2D eigenvalue weighted by atomic mass is 31.2. The number of phosphoric acid groups is 1. The van der Waals surface area contributed by atoms with Crippen LogP contribution in [0.5, 0.6) is 0 Å². The molecule has 0 radical (unpaired) electrons. The average Bonchev–Trinajstić information content (AvgIpc) is 3.16. The second-order valence-corrected chi connectivity index (χ2v) is 8.27. The summed E-state index contributed by atoms with van der Waals surface area (Å²) in [5, 5.41) is 28.1. The van der Waals surface area contributed by atoms with Crippen LogP contribution in [-0.2, 0) is 22.7 Å². The molecule has 3 heterocycles.